The molecular weight excluding hydrogens is 289 g/mol. The normalized spacial score (nSPS) is 13.4. The van der Waals surface area contributed by atoms with Gasteiger partial charge in [0, 0.05) is 12.1 Å². The Kier molecular flexibility index (Phi) is 5.57. The van der Waals surface area contributed by atoms with Gasteiger partial charge in [0.15, 0.2) is 11.6 Å². The summed E-state index contributed by atoms with van der Waals surface area (Å²) < 4.78 is 39.3. The van der Waals surface area contributed by atoms with Crippen molar-refractivity contribution < 1.29 is 27.9 Å². The van der Waals surface area contributed by atoms with Crippen molar-refractivity contribution >= 4 is 17.7 Å². The second kappa shape index (κ2) is 6.96. The number of hydrogen-bond donors (Lipinski definition) is 3. The zero-order valence-corrected chi connectivity index (χ0v) is 11.4. The molecule has 1 aromatic carbocycles. The number of carbonyl (C=O) groups excluding carboxylic acids is 1. The van der Waals surface area contributed by atoms with Gasteiger partial charge < -0.3 is 15.7 Å². The molecule has 0 saturated heterocycles. The number of aliphatic carboxylic acids is 1. The van der Waals surface area contributed by atoms with E-state index in [1.807, 2.05) is 5.32 Å². The number of carboxylic acids is 1. The van der Waals surface area contributed by atoms with Crippen molar-refractivity contribution in [2.24, 2.45) is 5.92 Å². The van der Waals surface area contributed by atoms with E-state index in [1.54, 1.807) is 13.8 Å². The molecule has 2 atom stereocenters. The summed E-state index contributed by atoms with van der Waals surface area (Å²) in [6, 6.07) is -1.34. The Bertz CT molecular complexity index is 552. The average molecular weight is 304 g/mol. The largest absolute Gasteiger partial charge is 0.480 e. The van der Waals surface area contributed by atoms with E-state index in [2.05, 4.69) is 5.32 Å². The fraction of sp³-hybridized carbons (Fsp3) is 0.385. The average Bonchev–Trinajstić information content (AvgIpc) is 2.40. The van der Waals surface area contributed by atoms with Crippen molar-refractivity contribution in [3.05, 3.63) is 29.6 Å². The van der Waals surface area contributed by atoms with Gasteiger partial charge in [-0.05, 0) is 5.92 Å². The van der Waals surface area contributed by atoms with Crippen LogP contribution in [0, 0.1) is 23.4 Å². The number of anilines is 1. The van der Waals surface area contributed by atoms with Crippen LogP contribution in [0.5, 0.6) is 0 Å². The number of urea groups is 1. The molecule has 0 aliphatic carbocycles. The van der Waals surface area contributed by atoms with E-state index >= 15 is 0 Å². The summed E-state index contributed by atoms with van der Waals surface area (Å²) in [5, 5.41) is 13.0. The third-order valence-electron chi connectivity index (χ3n) is 3.01. The van der Waals surface area contributed by atoms with Gasteiger partial charge >= 0.3 is 12.0 Å². The Morgan fingerprint density at radius 3 is 2.43 bits per heavy atom. The van der Waals surface area contributed by atoms with Gasteiger partial charge in [-0.25, -0.2) is 22.8 Å². The minimum absolute atomic E-state index is 0.331. The molecule has 2 amide bonds. The molecule has 1 aromatic rings. The van der Waals surface area contributed by atoms with Crippen LogP contribution in [0.2, 0.25) is 0 Å². The SMILES string of the molecule is CC[C@H](C)[C@H](NC(=O)Nc1cc(F)cc(F)c1F)C(=O)O. The van der Waals surface area contributed by atoms with Crippen molar-refractivity contribution in [3.8, 4) is 0 Å². The van der Waals surface area contributed by atoms with Gasteiger partial charge in [-0.3, -0.25) is 0 Å². The molecule has 0 spiro atoms. The highest BCUT2D eigenvalue weighted by atomic mass is 19.2. The van der Waals surface area contributed by atoms with E-state index in [0.29, 0.717) is 18.6 Å². The molecule has 3 N–H and O–H groups in total. The van der Waals surface area contributed by atoms with Crippen LogP contribution in [0.3, 0.4) is 0 Å². The van der Waals surface area contributed by atoms with Gasteiger partial charge in [-0.1, -0.05) is 20.3 Å². The van der Waals surface area contributed by atoms with E-state index in [-0.39, 0.29) is 5.92 Å². The summed E-state index contributed by atoms with van der Waals surface area (Å²) in [6.07, 6.45) is 0.486. The zero-order valence-electron chi connectivity index (χ0n) is 11.4. The standard InChI is InChI=1S/C13H15F3N2O3/c1-3-6(2)11(12(19)20)18-13(21)17-9-5-7(14)4-8(15)10(9)16/h4-6,11H,3H2,1-2H3,(H,19,20)(H2,17,18,21)/t6-,11-/m0/s1. The number of benzene rings is 1. The summed E-state index contributed by atoms with van der Waals surface area (Å²) in [6.45, 7) is 3.35. The number of nitrogens with one attached hydrogen (secondary N) is 2. The molecule has 0 bridgehead atoms. The van der Waals surface area contributed by atoms with Gasteiger partial charge in [0.2, 0.25) is 0 Å². The van der Waals surface area contributed by atoms with Crippen molar-refractivity contribution in [2.75, 3.05) is 5.32 Å². The first-order valence-corrected chi connectivity index (χ1v) is 6.21. The summed E-state index contributed by atoms with van der Waals surface area (Å²) in [5.41, 5.74) is -0.710. The minimum atomic E-state index is -1.46. The molecular formula is C13H15F3N2O3. The van der Waals surface area contributed by atoms with Crippen LogP contribution in [-0.4, -0.2) is 23.1 Å². The van der Waals surface area contributed by atoms with E-state index in [4.69, 9.17) is 5.11 Å². The van der Waals surface area contributed by atoms with Crippen LogP contribution >= 0.6 is 0 Å². The molecule has 0 fully saturated rings. The van der Waals surface area contributed by atoms with Gasteiger partial charge in [0.25, 0.3) is 0 Å². The quantitative estimate of drug-likeness (QED) is 0.732. The van der Waals surface area contributed by atoms with Crippen molar-refractivity contribution in [2.45, 2.75) is 26.3 Å². The lowest BCUT2D eigenvalue weighted by Gasteiger charge is -2.20. The molecule has 21 heavy (non-hydrogen) atoms. The topological polar surface area (TPSA) is 78.4 Å². The van der Waals surface area contributed by atoms with Crippen LogP contribution in [0.25, 0.3) is 0 Å². The van der Waals surface area contributed by atoms with Crippen LogP contribution in [0.15, 0.2) is 12.1 Å². The smallest absolute Gasteiger partial charge is 0.326 e. The molecule has 5 nitrogen and oxygen atoms in total. The Morgan fingerprint density at radius 1 is 1.29 bits per heavy atom. The number of halogens is 3. The first kappa shape index (κ1) is 16.8. The van der Waals surface area contributed by atoms with E-state index in [1.165, 1.54) is 0 Å². The van der Waals surface area contributed by atoms with Gasteiger partial charge in [-0.2, -0.15) is 0 Å². The molecule has 116 valence electrons. The highest BCUT2D eigenvalue weighted by Gasteiger charge is 2.25. The number of rotatable bonds is 5. The molecule has 0 radical (unpaired) electrons. The lowest BCUT2D eigenvalue weighted by molar-refractivity contribution is -0.140. The monoisotopic (exact) mass is 304 g/mol. The molecule has 0 aliphatic heterocycles. The van der Waals surface area contributed by atoms with Gasteiger partial charge in [0.05, 0.1) is 5.69 Å². The first-order chi connectivity index (χ1) is 9.76. The predicted octanol–water partition coefficient (Wildman–Crippen LogP) is 2.72. The first-order valence-electron chi connectivity index (χ1n) is 6.21. The summed E-state index contributed by atoms with van der Waals surface area (Å²) in [7, 11) is 0. The number of carbonyl (C=O) groups is 2. The maximum absolute atomic E-state index is 13.4. The van der Waals surface area contributed by atoms with Crippen molar-refractivity contribution in [1.29, 1.82) is 0 Å². The highest BCUT2D eigenvalue weighted by molar-refractivity contribution is 5.92. The third kappa shape index (κ3) is 4.37. The van der Waals surface area contributed by atoms with Crippen LogP contribution in [-0.2, 0) is 4.79 Å². The van der Waals surface area contributed by atoms with E-state index < -0.39 is 41.2 Å². The van der Waals surface area contributed by atoms with Crippen molar-refractivity contribution in [1.82, 2.24) is 5.32 Å². The second-order valence-corrected chi connectivity index (χ2v) is 4.55. The Morgan fingerprint density at radius 2 is 1.90 bits per heavy atom. The molecule has 8 heteroatoms. The number of amides is 2. The molecule has 1 rings (SSSR count). The fourth-order valence-corrected chi connectivity index (χ4v) is 1.63. The summed E-state index contributed by atoms with van der Waals surface area (Å²) in [4.78, 5) is 22.7. The molecule has 0 aliphatic rings. The Hall–Kier alpha value is -2.25. The van der Waals surface area contributed by atoms with Gasteiger partial charge in [-0.15, -0.1) is 0 Å². The van der Waals surface area contributed by atoms with E-state index in [0.717, 1.165) is 0 Å². The predicted molar refractivity (Wildman–Crippen MR) is 69.3 cm³/mol. The van der Waals surface area contributed by atoms with Gasteiger partial charge in [0.1, 0.15) is 11.9 Å². The highest BCUT2D eigenvalue weighted by Crippen LogP contribution is 2.19. The number of hydrogen-bond acceptors (Lipinski definition) is 2. The summed E-state index contributed by atoms with van der Waals surface area (Å²) >= 11 is 0. The molecule has 0 unspecified atom stereocenters. The lowest BCUT2D eigenvalue weighted by Crippen LogP contribution is -2.46. The fourth-order valence-electron chi connectivity index (χ4n) is 1.63. The van der Waals surface area contributed by atoms with Crippen LogP contribution < -0.4 is 10.6 Å². The molecule has 0 aromatic heterocycles. The third-order valence-corrected chi connectivity index (χ3v) is 3.01. The van der Waals surface area contributed by atoms with Crippen LogP contribution in [0.4, 0.5) is 23.7 Å². The van der Waals surface area contributed by atoms with Crippen molar-refractivity contribution in [3.63, 3.8) is 0 Å². The Balaban J connectivity index is 2.84. The van der Waals surface area contributed by atoms with Crippen LogP contribution in [0.1, 0.15) is 20.3 Å². The lowest BCUT2D eigenvalue weighted by atomic mass is 9.99. The maximum Gasteiger partial charge on any atom is 0.326 e. The van der Waals surface area contributed by atoms with E-state index in [9.17, 15) is 22.8 Å². The minimum Gasteiger partial charge on any atom is -0.480 e. The second-order valence-electron chi connectivity index (χ2n) is 4.55. The molecule has 0 heterocycles. The zero-order chi connectivity index (χ0) is 16.2. The maximum atomic E-state index is 13.4. The Labute approximate surface area is 119 Å². The summed E-state index contributed by atoms with van der Waals surface area (Å²) in [5.74, 6) is -5.59. The molecule has 0 saturated carbocycles. The number of carboxylic acid groups (broad SMARTS) is 1.